The van der Waals surface area contributed by atoms with E-state index >= 15 is 0 Å². The van der Waals surface area contributed by atoms with Crippen molar-refractivity contribution in [3.8, 4) is 0 Å². The Morgan fingerprint density at radius 1 is 1.07 bits per heavy atom. The second-order valence-electron chi connectivity index (χ2n) is 6.10. The van der Waals surface area contributed by atoms with Crippen LogP contribution in [0.2, 0.25) is 0 Å². The van der Waals surface area contributed by atoms with E-state index < -0.39 is 6.09 Å². The van der Waals surface area contributed by atoms with Gasteiger partial charge in [-0.25, -0.2) is 9.59 Å². The van der Waals surface area contributed by atoms with Gasteiger partial charge in [0.15, 0.2) is 0 Å². The molecule has 0 heterocycles. The predicted molar refractivity (Wildman–Crippen MR) is 105 cm³/mol. The first-order chi connectivity index (χ1) is 13.1. The number of aryl methyl sites for hydroxylation is 2. The van der Waals surface area contributed by atoms with Crippen LogP contribution in [0.15, 0.2) is 54.6 Å². The average molecular weight is 367 g/mol. The van der Waals surface area contributed by atoms with Gasteiger partial charge in [-0.15, -0.1) is 0 Å². The van der Waals surface area contributed by atoms with Crippen LogP contribution in [0.4, 0.5) is 4.79 Å². The van der Waals surface area contributed by atoms with Crippen molar-refractivity contribution in [1.82, 2.24) is 5.32 Å². The van der Waals surface area contributed by atoms with E-state index in [4.69, 9.17) is 4.74 Å². The Balaban J connectivity index is 1.79. The van der Waals surface area contributed by atoms with Crippen molar-refractivity contribution in [2.45, 2.75) is 26.4 Å². The molecule has 1 N–H and O–H groups in total. The smallest absolute Gasteiger partial charge is 0.407 e. The van der Waals surface area contributed by atoms with Crippen LogP contribution in [0.1, 0.15) is 28.7 Å². The molecule has 27 heavy (non-hydrogen) atoms. The van der Waals surface area contributed by atoms with E-state index in [2.05, 4.69) is 10.1 Å². The molecule has 0 aliphatic carbocycles. The fourth-order valence-electron chi connectivity index (χ4n) is 2.66. The normalized spacial score (nSPS) is 10.6. The highest BCUT2D eigenvalue weighted by Gasteiger charge is 2.06. The third kappa shape index (κ3) is 6.98. The van der Waals surface area contributed by atoms with Crippen LogP contribution >= 0.6 is 0 Å². The lowest BCUT2D eigenvalue weighted by Gasteiger charge is -2.10. The third-order valence-electron chi connectivity index (χ3n) is 4.11. The molecule has 1 amide bonds. The van der Waals surface area contributed by atoms with Gasteiger partial charge in [-0.1, -0.05) is 48.5 Å². The molecule has 0 aliphatic rings. The van der Waals surface area contributed by atoms with E-state index in [-0.39, 0.29) is 12.6 Å². The zero-order chi connectivity index (χ0) is 19.5. The van der Waals surface area contributed by atoms with Crippen LogP contribution in [0.3, 0.4) is 0 Å². The summed E-state index contributed by atoms with van der Waals surface area (Å²) in [7, 11) is 1.36. The molecule has 0 aromatic heterocycles. The highest BCUT2D eigenvalue weighted by Crippen LogP contribution is 2.18. The number of esters is 1. The molecule has 0 unspecified atom stereocenters. The molecule has 5 heteroatoms. The van der Waals surface area contributed by atoms with E-state index in [9.17, 15) is 9.59 Å². The van der Waals surface area contributed by atoms with Crippen molar-refractivity contribution in [2.24, 2.45) is 0 Å². The van der Waals surface area contributed by atoms with Crippen LogP contribution in [0, 0.1) is 6.92 Å². The predicted octanol–water partition coefficient (Wildman–Crippen LogP) is 4.04. The molecular formula is C22H25NO4. The Hall–Kier alpha value is -3.08. The van der Waals surface area contributed by atoms with Gasteiger partial charge in [-0.3, -0.25) is 0 Å². The second kappa shape index (κ2) is 10.8. The number of alkyl carbamates (subject to hydrolysis) is 1. The lowest BCUT2D eigenvalue weighted by Crippen LogP contribution is -2.25. The summed E-state index contributed by atoms with van der Waals surface area (Å²) in [5.74, 6) is -0.382. The lowest BCUT2D eigenvalue weighted by molar-refractivity contribution is -0.134. The van der Waals surface area contributed by atoms with Gasteiger partial charge in [-0.05, 0) is 48.1 Å². The number of methoxy groups -OCH3 is 1. The lowest BCUT2D eigenvalue weighted by atomic mass is 9.98. The highest BCUT2D eigenvalue weighted by molar-refractivity contribution is 5.87. The van der Waals surface area contributed by atoms with E-state index in [1.165, 1.54) is 13.2 Å². The topological polar surface area (TPSA) is 64.6 Å². The molecule has 0 fully saturated rings. The van der Waals surface area contributed by atoms with E-state index in [0.717, 1.165) is 35.1 Å². The van der Waals surface area contributed by atoms with Crippen molar-refractivity contribution in [1.29, 1.82) is 0 Å². The number of carbonyl (C=O) groups is 2. The van der Waals surface area contributed by atoms with Gasteiger partial charge in [0, 0.05) is 12.6 Å². The maximum absolute atomic E-state index is 11.8. The number of benzene rings is 2. The minimum Gasteiger partial charge on any atom is -0.466 e. The number of nitrogens with one attached hydrogen (secondary N) is 1. The summed E-state index contributed by atoms with van der Waals surface area (Å²) >= 11 is 0. The Kier molecular flexibility index (Phi) is 8.10. The maximum atomic E-state index is 11.8. The van der Waals surface area contributed by atoms with Crippen LogP contribution < -0.4 is 5.32 Å². The molecule has 0 saturated carbocycles. The molecule has 0 saturated heterocycles. The fraction of sp³-hybridized carbons (Fsp3) is 0.273. The van der Waals surface area contributed by atoms with Gasteiger partial charge in [0.05, 0.1) is 7.11 Å². The molecule has 0 bridgehead atoms. The van der Waals surface area contributed by atoms with Gasteiger partial charge < -0.3 is 14.8 Å². The van der Waals surface area contributed by atoms with E-state index in [1.807, 2.05) is 55.5 Å². The molecule has 142 valence electrons. The minimum absolute atomic E-state index is 0.257. The van der Waals surface area contributed by atoms with Crippen LogP contribution in [-0.2, 0) is 27.3 Å². The van der Waals surface area contributed by atoms with E-state index in [0.29, 0.717) is 6.54 Å². The summed E-state index contributed by atoms with van der Waals surface area (Å²) < 4.78 is 9.83. The second-order valence-corrected chi connectivity index (χ2v) is 6.10. The molecule has 0 radical (unpaired) electrons. The van der Waals surface area contributed by atoms with Crippen LogP contribution in [-0.4, -0.2) is 25.7 Å². The summed E-state index contributed by atoms with van der Waals surface area (Å²) in [6.07, 6.45) is 4.32. The first kappa shape index (κ1) is 20.2. The fourth-order valence-corrected chi connectivity index (χ4v) is 2.66. The first-order valence-electron chi connectivity index (χ1n) is 8.89. The molecule has 0 spiro atoms. The Morgan fingerprint density at radius 3 is 2.59 bits per heavy atom. The van der Waals surface area contributed by atoms with Gasteiger partial charge in [0.1, 0.15) is 6.61 Å². The molecule has 0 atom stereocenters. The largest absolute Gasteiger partial charge is 0.466 e. The van der Waals surface area contributed by atoms with Crippen molar-refractivity contribution in [3.63, 3.8) is 0 Å². The third-order valence-corrected chi connectivity index (χ3v) is 4.11. The molecule has 5 nitrogen and oxygen atoms in total. The Bertz CT molecular complexity index is 784. The number of hydrogen-bond donors (Lipinski definition) is 1. The molecule has 2 aromatic carbocycles. The highest BCUT2D eigenvalue weighted by atomic mass is 16.5. The zero-order valence-corrected chi connectivity index (χ0v) is 15.7. The van der Waals surface area contributed by atoms with Gasteiger partial charge in [-0.2, -0.15) is 0 Å². The number of hydrogen-bond acceptors (Lipinski definition) is 4. The van der Waals surface area contributed by atoms with Crippen LogP contribution in [0.5, 0.6) is 0 Å². The van der Waals surface area contributed by atoms with Crippen molar-refractivity contribution >= 4 is 18.1 Å². The van der Waals surface area contributed by atoms with Gasteiger partial charge >= 0.3 is 12.1 Å². The van der Waals surface area contributed by atoms with Gasteiger partial charge in [0.25, 0.3) is 0 Å². The molecular weight excluding hydrogens is 342 g/mol. The number of carbonyl (C=O) groups excluding carboxylic acids is 2. The Labute approximate surface area is 160 Å². The zero-order valence-electron chi connectivity index (χ0n) is 15.7. The Morgan fingerprint density at radius 2 is 1.85 bits per heavy atom. The number of ether oxygens (including phenoxy) is 2. The van der Waals surface area contributed by atoms with Crippen molar-refractivity contribution in [3.05, 3.63) is 76.9 Å². The number of amides is 1. The average Bonchev–Trinajstić information content (AvgIpc) is 2.69. The first-order valence-corrected chi connectivity index (χ1v) is 8.89. The SMILES string of the molecule is COC(=O)/C=C/c1c(C)cccc1CCCNC(=O)OCc1ccccc1. The van der Waals surface area contributed by atoms with Crippen LogP contribution in [0.25, 0.3) is 6.08 Å². The number of rotatable bonds is 8. The maximum Gasteiger partial charge on any atom is 0.407 e. The van der Waals surface area contributed by atoms with E-state index in [1.54, 1.807) is 6.08 Å². The summed E-state index contributed by atoms with van der Waals surface area (Å²) in [4.78, 5) is 23.1. The summed E-state index contributed by atoms with van der Waals surface area (Å²) in [5.41, 5.74) is 4.17. The monoisotopic (exact) mass is 367 g/mol. The molecule has 2 rings (SSSR count). The summed E-state index contributed by atoms with van der Waals surface area (Å²) in [6.45, 7) is 2.77. The summed E-state index contributed by atoms with van der Waals surface area (Å²) in [5, 5.41) is 2.76. The van der Waals surface area contributed by atoms with Gasteiger partial charge in [0.2, 0.25) is 0 Å². The quantitative estimate of drug-likeness (QED) is 0.434. The van der Waals surface area contributed by atoms with Crippen molar-refractivity contribution < 1.29 is 19.1 Å². The summed E-state index contributed by atoms with van der Waals surface area (Å²) in [6, 6.07) is 15.6. The molecule has 0 aliphatic heterocycles. The van der Waals surface area contributed by atoms with Crippen molar-refractivity contribution in [2.75, 3.05) is 13.7 Å². The standard InChI is InChI=1S/C22H25NO4/c1-17-8-6-11-19(20(17)13-14-21(24)26-2)12-7-15-23-22(25)27-16-18-9-4-3-5-10-18/h3-6,8-11,13-14H,7,12,15-16H2,1-2H3,(H,23,25)/b14-13+. The molecule has 2 aromatic rings. The minimum atomic E-state index is -0.422.